The molecule has 7 nitrogen and oxygen atoms in total. The van der Waals surface area contributed by atoms with E-state index in [1.807, 2.05) is 6.92 Å². The fourth-order valence-electron chi connectivity index (χ4n) is 1.49. The molecule has 0 atom stereocenters. The highest BCUT2D eigenvalue weighted by molar-refractivity contribution is 5.90. The minimum absolute atomic E-state index is 0.0166. The van der Waals surface area contributed by atoms with Crippen molar-refractivity contribution in [3.8, 4) is 5.75 Å². The van der Waals surface area contributed by atoms with Gasteiger partial charge in [0.1, 0.15) is 5.56 Å². The minimum atomic E-state index is -1.07. The van der Waals surface area contributed by atoms with E-state index in [9.17, 15) is 4.79 Å². The molecule has 2 aromatic heterocycles. The van der Waals surface area contributed by atoms with E-state index in [-0.39, 0.29) is 17.9 Å². The Labute approximate surface area is 109 Å². The molecule has 100 valence electrons. The first-order valence-corrected chi connectivity index (χ1v) is 5.82. The van der Waals surface area contributed by atoms with E-state index in [0.29, 0.717) is 11.7 Å². The Kier molecular flexibility index (Phi) is 4.07. The van der Waals surface area contributed by atoms with E-state index in [4.69, 9.17) is 14.4 Å². The number of aromatic carboxylic acids is 1. The Morgan fingerprint density at radius 2 is 2.37 bits per heavy atom. The maximum atomic E-state index is 11.0. The van der Waals surface area contributed by atoms with Crippen molar-refractivity contribution in [2.75, 3.05) is 0 Å². The summed E-state index contributed by atoms with van der Waals surface area (Å²) < 4.78 is 10.3. The lowest BCUT2D eigenvalue weighted by atomic mass is 10.2. The molecule has 0 aliphatic heterocycles. The molecule has 0 amide bonds. The van der Waals surface area contributed by atoms with Crippen molar-refractivity contribution < 1.29 is 19.2 Å². The monoisotopic (exact) mass is 263 g/mol. The van der Waals surface area contributed by atoms with Gasteiger partial charge in [0.05, 0.1) is 6.20 Å². The zero-order valence-corrected chi connectivity index (χ0v) is 10.4. The molecular weight excluding hydrogens is 250 g/mol. The van der Waals surface area contributed by atoms with Crippen molar-refractivity contribution in [1.82, 2.24) is 15.1 Å². The Balaban J connectivity index is 2.03. The van der Waals surface area contributed by atoms with Crippen LogP contribution in [-0.4, -0.2) is 26.2 Å². The van der Waals surface area contributed by atoms with E-state index in [1.165, 1.54) is 18.5 Å². The Hall–Kier alpha value is -2.44. The molecule has 0 unspecified atom stereocenters. The third-order valence-corrected chi connectivity index (χ3v) is 2.35. The molecule has 0 aromatic carbocycles. The van der Waals surface area contributed by atoms with Crippen LogP contribution in [0.25, 0.3) is 0 Å². The van der Waals surface area contributed by atoms with Crippen molar-refractivity contribution in [3.05, 3.63) is 35.7 Å². The first kappa shape index (κ1) is 13.0. The predicted molar refractivity (Wildman–Crippen MR) is 63.8 cm³/mol. The highest BCUT2D eigenvalue weighted by Gasteiger charge is 2.12. The summed E-state index contributed by atoms with van der Waals surface area (Å²) >= 11 is 0. The molecule has 2 heterocycles. The number of ether oxygens (including phenoxy) is 1. The van der Waals surface area contributed by atoms with Crippen LogP contribution in [0.15, 0.2) is 23.0 Å². The number of aryl methyl sites for hydroxylation is 1. The van der Waals surface area contributed by atoms with E-state index >= 15 is 0 Å². The van der Waals surface area contributed by atoms with E-state index < -0.39 is 5.97 Å². The smallest absolute Gasteiger partial charge is 0.339 e. The number of hydrogen-bond acceptors (Lipinski definition) is 6. The average Bonchev–Trinajstić information content (AvgIpc) is 2.85. The van der Waals surface area contributed by atoms with Crippen molar-refractivity contribution in [3.63, 3.8) is 0 Å². The highest BCUT2D eigenvalue weighted by atomic mass is 16.5. The van der Waals surface area contributed by atoms with Crippen LogP contribution >= 0.6 is 0 Å². The van der Waals surface area contributed by atoms with Crippen LogP contribution in [-0.2, 0) is 13.0 Å². The fraction of sp³-hybridized carbons (Fsp3) is 0.333. The van der Waals surface area contributed by atoms with Crippen LogP contribution in [0.3, 0.4) is 0 Å². The summed E-state index contributed by atoms with van der Waals surface area (Å²) in [5, 5.41) is 12.8. The molecule has 0 fully saturated rings. The van der Waals surface area contributed by atoms with Gasteiger partial charge in [0, 0.05) is 12.6 Å². The lowest BCUT2D eigenvalue weighted by Crippen LogP contribution is -2.04. The van der Waals surface area contributed by atoms with Gasteiger partial charge in [-0.2, -0.15) is 4.98 Å². The van der Waals surface area contributed by atoms with Crippen LogP contribution in [0.5, 0.6) is 5.75 Å². The number of carboxylic acids is 1. The summed E-state index contributed by atoms with van der Waals surface area (Å²) in [7, 11) is 0. The van der Waals surface area contributed by atoms with Crippen molar-refractivity contribution >= 4 is 5.97 Å². The van der Waals surface area contributed by atoms with Gasteiger partial charge in [0.15, 0.2) is 18.2 Å². The van der Waals surface area contributed by atoms with Crippen molar-refractivity contribution in [1.29, 1.82) is 0 Å². The topological polar surface area (TPSA) is 98.3 Å². The van der Waals surface area contributed by atoms with Crippen LogP contribution in [0.4, 0.5) is 0 Å². The Bertz CT molecular complexity index is 568. The number of hydrogen-bond donors (Lipinski definition) is 1. The largest absolute Gasteiger partial charge is 0.481 e. The molecule has 0 bridgehead atoms. The number of nitrogens with zero attached hydrogens (tertiary/aromatic N) is 3. The van der Waals surface area contributed by atoms with E-state index in [2.05, 4.69) is 15.1 Å². The molecule has 0 radical (unpaired) electrons. The molecule has 19 heavy (non-hydrogen) atoms. The quantitative estimate of drug-likeness (QED) is 0.846. The van der Waals surface area contributed by atoms with Gasteiger partial charge < -0.3 is 14.4 Å². The molecule has 0 aliphatic carbocycles. The van der Waals surface area contributed by atoms with Gasteiger partial charge in [-0.15, -0.1) is 0 Å². The molecule has 0 saturated heterocycles. The number of carbonyl (C=O) groups is 1. The Morgan fingerprint density at radius 1 is 1.53 bits per heavy atom. The maximum absolute atomic E-state index is 11.0. The van der Waals surface area contributed by atoms with Gasteiger partial charge in [0.25, 0.3) is 5.89 Å². The van der Waals surface area contributed by atoms with Crippen LogP contribution in [0, 0.1) is 0 Å². The first-order valence-electron chi connectivity index (χ1n) is 5.82. The molecular formula is C12H13N3O4. The second-order valence-corrected chi connectivity index (χ2v) is 3.82. The molecule has 0 saturated carbocycles. The lowest BCUT2D eigenvalue weighted by molar-refractivity contribution is 0.0690. The summed E-state index contributed by atoms with van der Waals surface area (Å²) in [5.41, 5.74) is 0.0447. The van der Waals surface area contributed by atoms with Gasteiger partial charge in [-0.05, 0) is 12.5 Å². The lowest BCUT2D eigenvalue weighted by Gasteiger charge is -2.05. The predicted octanol–water partition coefficient (Wildman–Crippen LogP) is 1.69. The zero-order chi connectivity index (χ0) is 13.7. The molecule has 0 spiro atoms. The summed E-state index contributed by atoms with van der Waals surface area (Å²) in [6.07, 6.45) is 4.39. The molecule has 2 aromatic rings. The van der Waals surface area contributed by atoms with Gasteiger partial charge >= 0.3 is 5.97 Å². The van der Waals surface area contributed by atoms with Crippen LogP contribution in [0.2, 0.25) is 0 Å². The van der Waals surface area contributed by atoms with Crippen LogP contribution in [0.1, 0.15) is 35.4 Å². The highest BCUT2D eigenvalue weighted by Crippen LogP contribution is 2.17. The molecule has 2 rings (SSSR count). The fourth-order valence-corrected chi connectivity index (χ4v) is 1.49. The maximum Gasteiger partial charge on any atom is 0.339 e. The van der Waals surface area contributed by atoms with E-state index in [1.54, 1.807) is 0 Å². The first-order chi connectivity index (χ1) is 9.20. The van der Waals surface area contributed by atoms with Gasteiger partial charge in [-0.3, -0.25) is 4.98 Å². The summed E-state index contributed by atoms with van der Waals surface area (Å²) in [4.78, 5) is 18.9. The summed E-state index contributed by atoms with van der Waals surface area (Å²) in [6, 6.07) is 1.37. The third-order valence-electron chi connectivity index (χ3n) is 2.35. The average molecular weight is 263 g/mol. The Morgan fingerprint density at radius 3 is 3.11 bits per heavy atom. The number of pyridine rings is 1. The molecule has 1 N–H and O–H groups in total. The normalized spacial score (nSPS) is 10.4. The second-order valence-electron chi connectivity index (χ2n) is 3.82. The number of carboxylic acid groups (broad SMARTS) is 1. The second kappa shape index (κ2) is 5.94. The SMILES string of the molecule is CCCc1noc(COc2cnccc2C(=O)O)n1. The number of rotatable bonds is 6. The zero-order valence-electron chi connectivity index (χ0n) is 10.4. The van der Waals surface area contributed by atoms with Gasteiger partial charge in [-0.25, -0.2) is 4.79 Å². The van der Waals surface area contributed by atoms with Crippen molar-refractivity contribution in [2.24, 2.45) is 0 Å². The summed E-state index contributed by atoms with van der Waals surface area (Å²) in [5.74, 6) is 0.0224. The van der Waals surface area contributed by atoms with Crippen LogP contribution < -0.4 is 4.74 Å². The summed E-state index contributed by atoms with van der Waals surface area (Å²) in [6.45, 7) is 2.03. The van der Waals surface area contributed by atoms with Gasteiger partial charge in [-0.1, -0.05) is 12.1 Å². The third kappa shape index (κ3) is 3.27. The van der Waals surface area contributed by atoms with Gasteiger partial charge in [0.2, 0.25) is 0 Å². The minimum Gasteiger partial charge on any atom is -0.481 e. The molecule has 7 heteroatoms. The molecule has 0 aliphatic rings. The standard InChI is InChI=1S/C12H13N3O4/c1-2-3-10-14-11(19-15-10)7-18-9-6-13-5-4-8(9)12(16)17/h4-6H,2-3,7H2,1H3,(H,16,17). The van der Waals surface area contributed by atoms with Crippen molar-refractivity contribution in [2.45, 2.75) is 26.4 Å². The number of aromatic nitrogens is 3. The van der Waals surface area contributed by atoms with E-state index in [0.717, 1.165) is 12.8 Å².